The van der Waals surface area contributed by atoms with Crippen LogP contribution in [0.3, 0.4) is 0 Å². The first-order chi connectivity index (χ1) is 13.6. The molecule has 0 saturated carbocycles. The second-order valence-electron chi connectivity index (χ2n) is 5.90. The average molecular weight is 392 g/mol. The highest BCUT2D eigenvalue weighted by Gasteiger charge is 2.11. The number of amides is 2. The van der Waals surface area contributed by atoms with Crippen molar-refractivity contribution in [2.45, 2.75) is 4.90 Å². The number of nitrogens with one attached hydrogen (secondary N) is 1. The van der Waals surface area contributed by atoms with E-state index in [9.17, 15) is 9.59 Å². The van der Waals surface area contributed by atoms with E-state index < -0.39 is 5.91 Å². The molecule has 2 amide bonds. The van der Waals surface area contributed by atoms with E-state index in [4.69, 9.17) is 10.5 Å². The number of primary amides is 1. The van der Waals surface area contributed by atoms with Gasteiger partial charge in [0.15, 0.2) is 0 Å². The summed E-state index contributed by atoms with van der Waals surface area (Å²) in [4.78, 5) is 25.1. The summed E-state index contributed by atoms with van der Waals surface area (Å²) in [6.45, 7) is 0.567. The second-order valence-corrected chi connectivity index (χ2v) is 7.07. The van der Waals surface area contributed by atoms with Gasteiger partial charge in [0.1, 0.15) is 5.75 Å². The molecule has 3 N–H and O–H groups in total. The summed E-state index contributed by atoms with van der Waals surface area (Å²) in [6, 6.07) is 23.6. The zero-order chi connectivity index (χ0) is 19.8. The Morgan fingerprint density at radius 3 is 2.29 bits per heavy atom. The quantitative estimate of drug-likeness (QED) is 0.444. The zero-order valence-corrected chi connectivity index (χ0v) is 15.9. The van der Waals surface area contributed by atoms with Crippen LogP contribution in [0, 0.1) is 0 Å². The molecular formula is C22H20N2O3S. The van der Waals surface area contributed by atoms with E-state index in [1.807, 2.05) is 18.2 Å². The van der Waals surface area contributed by atoms with E-state index in [2.05, 4.69) is 17.4 Å². The first-order valence-electron chi connectivity index (χ1n) is 8.74. The van der Waals surface area contributed by atoms with Gasteiger partial charge < -0.3 is 15.8 Å². The van der Waals surface area contributed by atoms with Crippen LogP contribution in [0.25, 0.3) is 0 Å². The highest BCUT2D eigenvalue weighted by Crippen LogP contribution is 2.19. The number of ether oxygens (including phenoxy) is 1. The molecule has 0 aliphatic heterocycles. The Balaban J connectivity index is 1.52. The normalized spacial score (nSPS) is 10.3. The van der Waals surface area contributed by atoms with Crippen molar-refractivity contribution in [1.29, 1.82) is 0 Å². The van der Waals surface area contributed by atoms with Crippen LogP contribution >= 0.6 is 11.8 Å². The van der Waals surface area contributed by atoms with Gasteiger partial charge in [-0.05, 0) is 48.5 Å². The summed E-state index contributed by atoms with van der Waals surface area (Å²) in [5.74, 6) is 0.617. The van der Waals surface area contributed by atoms with Gasteiger partial charge in [0.25, 0.3) is 11.8 Å². The molecular weight excluding hydrogens is 372 g/mol. The fraction of sp³-hybridized carbons (Fsp3) is 0.0909. The van der Waals surface area contributed by atoms with E-state index in [-0.39, 0.29) is 11.5 Å². The van der Waals surface area contributed by atoms with Gasteiger partial charge in [-0.3, -0.25) is 9.59 Å². The number of hydrogen-bond donors (Lipinski definition) is 2. The lowest BCUT2D eigenvalue weighted by Gasteiger charge is -2.10. The number of carbonyl (C=O) groups excluding carboxylic acids is 2. The third-order valence-electron chi connectivity index (χ3n) is 3.92. The number of anilines is 1. The maximum Gasteiger partial charge on any atom is 0.255 e. The Hall–Kier alpha value is -3.25. The van der Waals surface area contributed by atoms with Crippen molar-refractivity contribution in [2.75, 3.05) is 17.7 Å². The fourth-order valence-corrected chi connectivity index (χ4v) is 3.29. The molecule has 0 spiro atoms. The van der Waals surface area contributed by atoms with Crippen LogP contribution in [0.4, 0.5) is 5.69 Å². The fourth-order valence-electron chi connectivity index (χ4n) is 2.54. The van der Waals surface area contributed by atoms with Gasteiger partial charge in [-0.1, -0.05) is 30.3 Å². The summed E-state index contributed by atoms with van der Waals surface area (Å²) in [7, 11) is 0. The maximum absolute atomic E-state index is 12.4. The lowest BCUT2D eigenvalue weighted by molar-refractivity contribution is 0.100. The lowest BCUT2D eigenvalue weighted by Crippen LogP contribution is -2.18. The molecule has 0 radical (unpaired) electrons. The minimum absolute atomic E-state index is 0.270. The molecule has 0 aliphatic carbocycles. The predicted octanol–water partition coefficient (Wildman–Crippen LogP) is 4.21. The van der Waals surface area contributed by atoms with Crippen molar-refractivity contribution in [3.63, 3.8) is 0 Å². The Morgan fingerprint density at radius 1 is 0.893 bits per heavy atom. The van der Waals surface area contributed by atoms with Crippen molar-refractivity contribution < 1.29 is 14.3 Å². The van der Waals surface area contributed by atoms with Crippen molar-refractivity contribution in [3.8, 4) is 5.75 Å². The molecule has 142 valence electrons. The molecule has 28 heavy (non-hydrogen) atoms. The van der Waals surface area contributed by atoms with Crippen molar-refractivity contribution in [2.24, 2.45) is 5.73 Å². The van der Waals surface area contributed by atoms with Crippen LogP contribution in [0.5, 0.6) is 5.75 Å². The molecule has 0 fully saturated rings. The third kappa shape index (κ3) is 5.37. The number of benzene rings is 3. The van der Waals surface area contributed by atoms with E-state index in [0.29, 0.717) is 23.6 Å². The Bertz CT molecular complexity index is 944. The summed E-state index contributed by atoms with van der Waals surface area (Å²) < 4.78 is 5.72. The Morgan fingerprint density at radius 2 is 1.57 bits per heavy atom. The largest absolute Gasteiger partial charge is 0.493 e. The minimum Gasteiger partial charge on any atom is -0.493 e. The van der Waals surface area contributed by atoms with Crippen molar-refractivity contribution in [3.05, 3.63) is 90.0 Å². The molecule has 0 saturated heterocycles. The van der Waals surface area contributed by atoms with Gasteiger partial charge >= 0.3 is 0 Å². The SMILES string of the molecule is NC(=O)c1ccccc1NC(=O)c1ccc(OCCSc2ccccc2)cc1. The number of carbonyl (C=O) groups is 2. The van der Waals surface area contributed by atoms with Gasteiger partial charge in [0, 0.05) is 16.2 Å². The van der Waals surface area contributed by atoms with Gasteiger partial charge in [-0.2, -0.15) is 0 Å². The molecule has 3 rings (SSSR count). The molecule has 6 heteroatoms. The molecule has 0 aromatic heterocycles. The number of para-hydroxylation sites is 1. The van der Waals surface area contributed by atoms with E-state index in [0.717, 1.165) is 5.75 Å². The molecule has 0 unspecified atom stereocenters. The smallest absolute Gasteiger partial charge is 0.255 e. The third-order valence-corrected chi connectivity index (χ3v) is 4.90. The first-order valence-corrected chi connectivity index (χ1v) is 9.73. The minimum atomic E-state index is -0.590. The maximum atomic E-state index is 12.4. The monoisotopic (exact) mass is 392 g/mol. The number of hydrogen-bond acceptors (Lipinski definition) is 4. The molecule has 0 aliphatic rings. The van der Waals surface area contributed by atoms with Crippen LogP contribution in [0.1, 0.15) is 20.7 Å². The van der Waals surface area contributed by atoms with Gasteiger partial charge in [0.2, 0.25) is 0 Å². The standard InChI is InChI=1S/C22H20N2O3S/c23-21(25)19-8-4-5-9-20(19)24-22(26)16-10-12-17(13-11-16)27-14-15-28-18-6-2-1-3-7-18/h1-13H,14-15H2,(H2,23,25)(H,24,26). The summed E-state index contributed by atoms with van der Waals surface area (Å²) in [5.41, 5.74) is 6.46. The first kappa shape index (κ1) is 19.5. The van der Waals surface area contributed by atoms with Gasteiger partial charge in [-0.25, -0.2) is 0 Å². The van der Waals surface area contributed by atoms with Gasteiger partial charge in [0.05, 0.1) is 17.9 Å². The second kappa shape index (κ2) is 9.62. The summed E-state index contributed by atoms with van der Waals surface area (Å²) in [6.07, 6.45) is 0. The van der Waals surface area contributed by atoms with E-state index >= 15 is 0 Å². The lowest BCUT2D eigenvalue weighted by atomic mass is 10.1. The molecule has 3 aromatic rings. The molecule has 0 atom stereocenters. The Kier molecular flexibility index (Phi) is 6.70. The highest BCUT2D eigenvalue weighted by atomic mass is 32.2. The van der Waals surface area contributed by atoms with Gasteiger partial charge in [-0.15, -0.1) is 11.8 Å². The summed E-state index contributed by atoms with van der Waals surface area (Å²) in [5, 5.41) is 2.71. The number of rotatable bonds is 8. The molecule has 0 bridgehead atoms. The highest BCUT2D eigenvalue weighted by molar-refractivity contribution is 7.99. The van der Waals surface area contributed by atoms with Crippen LogP contribution < -0.4 is 15.8 Å². The average Bonchev–Trinajstić information content (AvgIpc) is 2.72. The van der Waals surface area contributed by atoms with E-state index in [1.54, 1.807) is 60.3 Å². The molecule has 3 aromatic carbocycles. The Labute approximate surface area is 167 Å². The van der Waals surface area contributed by atoms with Crippen LogP contribution in [-0.4, -0.2) is 24.2 Å². The summed E-state index contributed by atoms with van der Waals surface area (Å²) >= 11 is 1.73. The molecule has 5 nitrogen and oxygen atoms in total. The topological polar surface area (TPSA) is 81.4 Å². The number of nitrogens with two attached hydrogens (primary N) is 1. The zero-order valence-electron chi connectivity index (χ0n) is 15.1. The van der Waals surface area contributed by atoms with Crippen LogP contribution in [-0.2, 0) is 0 Å². The van der Waals surface area contributed by atoms with E-state index in [1.165, 1.54) is 4.90 Å². The van der Waals surface area contributed by atoms with Crippen molar-refractivity contribution in [1.82, 2.24) is 0 Å². The van der Waals surface area contributed by atoms with Crippen molar-refractivity contribution >= 4 is 29.3 Å². The molecule has 0 heterocycles. The number of thioether (sulfide) groups is 1. The van der Waals surface area contributed by atoms with Crippen LogP contribution in [0.2, 0.25) is 0 Å². The van der Waals surface area contributed by atoms with Crippen LogP contribution in [0.15, 0.2) is 83.8 Å². The predicted molar refractivity (Wildman–Crippen MR) is 112 cm³/mol.